The number of hydrogen-bond donors (Lipinski definition) is 2. The smallest absolute Gasteiger partial charge is 0.242 e. The number of aryl methyl sites for hydroxylation is 2. The van der Waals surface area contributed by atoms with E-state index in [4.69, 9.17) is 5.73 Å². The maximum Gasteiger partial charge on any atom is 0.242 e. The van der Waals surface area contributed by atoms with Gasteiger partial charge in [0, 0.05) is 7.05 Å². The molecular weight excluding hydrogens is 371 g/mol. The summed E-state index contributed by atoms with van der Waals surface area (Å²) in [6.07, 6.45) is 0. The Morgan fingerprint density at radius 2 is 1.73 bits per heavy atom. The van der Waals surface area contributed by atoms with E-state index in [0.29, 0.717) is 0 Å². The Morgan fingerprint density at radius 3 is 2.35 bits per heavy atom. The molecule has 5 nitrogen and oxygen atoms in total. The van der Waals surface area contributed by atoms with Crippen molar-refractivity contribution in [2.24, 2.45) is 12.8 Å². The van der Waals surface area contributed by atoms with Crippen LogP contribution in [0.25, 0.3) is 11.0 Å². The van der Waals surface area contributed by atoms with Gasteiger partial charge < -0.3 is 15.6 Å². The number of rotatable bonds is 4. The maximum atomic E-state index is 12.5. The molecule has 0 saturated carbocycles. The summed E-state index contributed by atoms with van der Waals surface area (Å²) in [5.74, 6) is 0.596. The summed E-state index contributed by atoms with van der Waals surface area (Å²) < 4.78 is 2.00. The largest absolute Gasteiger partial charge is 0.345 e. The van der Waals surface area contributed by atoms with Crippen molar-refractivity contribution < 1.29 is 4.79 Å². The van der Waals surface area contributed by atoms with Gasteiger partial charge in [-0.1, -0.05) is 42.0 Å². The number of fused-ring (bicyclic) bond motifs is 1. The van der Waals surface area contributed by atoms with Crippen LogP contribution in [0.15, 0.2) is 48.5 Å². The molecule has 0 aliphatic rings. The van der Waals surface area contributed by atoms with Crippen LogP contribution in [0.1, 0.15) is 36.0 Å². The van der Waals surface area contributed by atoms with Gasteiger partial charge in [-0.25, -0.2) is 4.98 Å². The number of hydrogen-bond acceptors (Lipinski definition) is 3. The molecule has 0 fully saturated rings. The molecule has 1 amide bonds. The summed E-state index contributed by atoms with van der Waals surface area (Å²) >= 11 is 0. The lowest BCUT2D eigenvalue weighted by atomic mass is 10.1. The summed E-state index contributed by atoms with van der Waals surface area (Å²) in [6, 6.07) is 14.7. The first-order valence-electron chi connectivity index (χ1n) is 8.01. The van der Waals surface area contributed by atoms with E-state index < -0.39 is 6.04 Å². The average Bonchev–Trinajstić information content (AvgIpc) is 2.92. The molecule has 0 aliphatic carbocycles. The van der Waals surface area contributed by atoms with E-state index in [1.807, 2.05) is 74.0 Å². The SMILES string of the molecule is Cc1ccc(C(N)C(=O)NC(C)c2nc3ccccc3n2C)cc1.Cl.Cl. The summed E-state index contributed by atoms with van der Waals surface area (Å²) in [6.45, 7) is 3.92. The lowest BCUT2D eigenvalue weighted by Gasteiger charge is -2.18. The first-order chi connectivity index (χ1) is 11.5. The third kappa shape index (κ3) is 4.36. The van der Waals surface area contributed by atoms with Crippen molar-refractivity contribution in [3.63, 3.8) is 0 Å². The van der Waals surface area contributed by atoms with Crippen LogP contribution >= 0.6 is 24.8 Å². The summed E-state index contributed by atoms with van der Waals surface area (Å²) in [4.78, 5) is 17.1. The Kier molecular flexibility index (Phi) is 7.63. The fourth-order valence-electron chi connectivity index (χ4n) is 2.84. The number of carbonyl (C=O) groups excluding carboxylic acids is 1. The fourth-order valence-corrected chi connectivity index (χ4v) is 2.84. The van der Waals surface area contributed by atoms with Gasteiger partial charge in [0.25, 0.3) is 0 Å². The molecule has 3 N–H and O–H groups in total. The minimum atomic E-state index is -0.692. The number of carbonyl (C=O) groups is 1. The molecule has 0 saturated heterocycles. The van der Waals surface area contributed by atoms with Gasteiger partial charge in [0.2, 0.25) is 5.91 Å². The lowest BCUT2D eigenvalue weighted by Crippen LogP contribution is -2.36. The number of aromatic nitrogens is 2. The summed E-state index contributed by atoms with van der Waals surface area (Å²) in [5, 5.41) is 2.96. The molecule has 0 radical (unpaired) electrons. The second-order valence-corrected chi connectivity index (χ2v) is 6.14. The van der Waals surface area contributed by atoms with Gasteiger partial charge in [-0.05, 0) is 31.5 Å². The second-order valence-electron chi connectivity index (χ2n) is 6.14. The summed E-state index contributed by atoms with van der Waals surface area (Å²) in [5.41, 5.74) is 9.98. The Hall–Kier alpha value is -2.08. The molecule has 140 valence electrons. The number of imidazole rings is 1. The zero-order valence-electron chi connectivity index (χ0n) is 15.0. The lowest BCUT2D eigenvalue weighted by molar-refractivity contribution is -0.123. The Bertz CT molecular complexity index is 877. The number of para-hydroxylation sites is 2. The number of amides is 1. The predicted octanol–water partition coefficient (Wildman–Crippen LogP) is 3.60. The molecule has 2 aromatic carbocycles. The van der Waals surface area contributed by atoms with Gasteiger partial charge in [-0.2, -0.15) is 0 Å². The van der Waals surface area contributed by atoms with E-state index in [2.05, 4.69) is 10.3 Å². The van der Waals surface area contributed by atoms with E-state index in [-0.39, 0.29) is 36.8 Å². The highest BCUT2D eigenvalue weighted by molar-refractivity contribution is 5.85. The summed E-state index contributed by atoms with van der Waals surface area (Å²) in [7, 11) is 1.95. The number of benzene rings is 2. The highest BCUT2D eigenvalue weighted by Crippen LogP contribution is 2.20. The van der Waals surface area contributed by atoms with Crippen LogP contribution in [-0.2, 0) is 11.8 Å². The average molecular weight is 395 g/mol. The molecule has 2 atom stereocenters. The van der Waals surface area contributed by atoms with Gasteiger partial charge in [0.1, 0.15) is 11.9 Å². The molecule has 1 aromatic heterocycles. The fraction of sp³-hybridized carbons (Fsp3) is 0.263. The second kappa shape index (κ2) is 9.03. The van der Waals surface area contributed by atoms with Crippen LogP contribution < -0.4 is 11.1 Å². The third-order valence-electron chi connectivity index (χ3n) is 4.29. The molecule has 0 bridgehead atoms. The standard InChI is InChI=1S/C19H22N4O.2ClH/c1-12-8-10-14(11-9-12)17(20)19(24)21-13(2)18-22-15-6-4-5-7-16(15)23(18)3;;/h4-11,13,17H,20H2,1-3H3,(H,21,24);2*1H. The van der Waals surface area contributed by atoms with E-state index in [9.17, 15) is 4.79 Å². The number of nitrogens with two attached hydrogens (primary N) is 1. The monoisotopic (exact) mass is 394 g/mol. The van der Waals surface area contributed by atoms with Crippen molar-refractivity contribution in [1.82, 2.24) is 14.9 Å². The van der Waals surface area contributed by atoms with Gasteiger partial charge in [0.15, 0.2) is 0 Å². The van der Waals surface area contributed by atoms with Crippen LogP contribution in [0, 0.1) is 6.92 Å². The van der Waals surface area contributed by atoms with Crippen molar-refractivity contribution in [2.45, 2.75) is 25.9 Å². The quantitative estimate of drug-likeness (QED) is 0.709. The molecule has 7 heteroatoms. The van der Waals surface area contributed by atoms with Crippen molar-refractivity contribution in [1.29, 1.82) is 0 Å². The zero-order valence-corrected chi connectivity index (χ0v) is 16.6. The van der Waals surface area contributed by atoms with Crippen LogP contribution in [0.3, 0.4) is 0 Å². The molecule has 26 heavy (non-hydrogen) atoms. The van der Waals surface area contributed by atoms with Crippen LogP contribution in [0.2, 0.25) is 0 Å². The molecule has 0 spiro atoms. The van der Waals surface area contributed by atoms with E-state index >= 15 is 0 Å². The van der Waals surface area contributed by atoms with Crippen LogP contribution in [-0.4, -0.2) is 15.5 Å². The Balaban J connectivity index is 0.00000169. The zero-order chi connectivity index (χ0) is 17.3. The van der Waals surface area contributed by atoms with Crippen molar-refractivity contribution in [3.05, 3.63) is 65.5 Å². The topological polar surface area (TPSA) is 72.9 Å². The first kappa shape index (κ1) is 22.0. The maximum absolute atomic E-state index is 12.5. The van der Waals surface area contributed by atoms with Gasteiger partial charge in [0.05, 0.1) is 17.1 Å². The Labute approximate surface area is 165 Å². The number of nitrogens with zero attached hydrogens (tertiary/aromatic N) is 2. The molecule has 3 rings (SSSR count). The first-order valence-corrected chi connectivity index (χ1v) is 8.01. The van der Waals surface area contributed by atoms with E-state index in [1.54, 1.807) is 0 Å². The van der Waals surface area contributed by atoms with Crippen LogP contribution in [0.5, 0.6) is 0 Å². The number of halogens is 2. The number of nitrogens with one attached hydrogen (secondary N) is 1. The highest BCUT2D eigenvalue weighted by Gasteiger charge is 2.21. The van der Waals surface area contributed by atoms with Crippen molar-refractivity contribution in [2.75, 3.05) is 0 Å². The van der Waals surface area contributed by atoms with Crippen LogP contribution in [0.4, 0.5) is 0 Å². The normalized spacial score (nSPS) is 12.6. The van der Waals surface area contributed by atoms with Gasteiger partial charge in [-0.3, -0.25) is 4.79 Å². The Morgan fingerprint density at radius 1 is 1.12 bits per heavy atom. The molecule has 3 aromatic rings. The molecule has 0 aliphatic heterocycles. The van der Waals surface area contributed by atoms with Gasteiger partial charge >= 0.3 is 0 Å². The third-order valence-corrected chi connectivity index (χ3v) is 4.29. The highest BCUT2D eigenvalue weighted by atomic mass is 35.5. The van der Waals surface area contributed by atoms with E-state index in [1.165, 1.54) is 0 Å². The van der Waals surface area contributed by atoms with E-state index in [0.717, 1.165) is 28.0 Å². The van der Waals surface area contributed by atoms with Crippen molar-refractivity contribution >= 4 is 41.8 Å². The minimum absolute atomic E-state index is 0. The molecule has 2 unspecified atom stereocenters. The predicted molar refractivity (Wildman–Crippen MR) is 110 cm³/mol. The minimum Gasteiger partial charge on any atom is -0.345 e. The van der Waals surface area contributed by atoms with Gasteiger partial charge in [-0.15, -0.1) is 24.8 Å². The van der Waals surface area contributed by atoms with Crippen molar-refractivity contribution in [3.8, 4) is 0 Å². The molecular formula is C19H24Cl2N4O. The molecule has 1 heterocycles.